The van der Waals surface area contributed by atoms with Gasteiger partial charge in [0.25, 0.3) is 0 Å². The van der Waals surface area contributed by atoms with Crippen LogP contribution in [0.1, 0.15) is 44.2 Å². The third kappa shape index (κ3) is 2.17. The van der Waals surface area contributed by atoms with E-state index in [9.17, 15) is 0 Å². The van der Waals surface area contributed by atoms with Gasteiger partial charge in [0.2, 0.25) is 0 Å². The maximum Gasteiger partial charge on any atom is 0.0454 e. The molecule has 0 saturated carbocycles. The van der Waals surface area contributed by atoms with E-state index in [1.165, 1.54) is 55.2 Å². The second-order valence-electron chi connectivity index (χ2n) is 5.37. The number of nitrogens with zero attached hydrogens (tertiary/aromatic N) is 1. The summed E-state index contributed by atoms with van der Waals surface area (Å²) in [6.07, 6.45) is 7.31. The van der Waals surface area contributed by atoms with Crippen molar-refractivity contribution in [3.63, 3.8) is 0 Å². The minimum absolute atomic E-state index is 0.649. The Morgan fingerprint density at radius 2 is 2.28 bits per heavy atom. The third-order valence-corrected chi connectivity index (χ3v) is 4.12. The van der Waals surface area contributed by atoms with Gasteiger partial charge in [0.1, 0.15) is 0 Å². The first-order chi connectivity index (χ1) is 8.88. The van der Waals surface area contributed by atoms with E-state index in [0.29, 0.717) is 6.04 Å². The fraction of sp³-hybridized carbons (Fsp3) is 0.500. The molecule has 0 spiro atoms. The molecule has 2 nitrogen and oxygen atoms in total. The van der Waals surface area contributed by atoms with Gasteiger partial charge in [-0.3, -0.25) is 4.90 Å². The number of unbranched alkanes of at least 4 members (excludes halogenated alkanes) is 1. The monoisotopic (exact) mass is 242 g/mol. The number of aromatic nitrogens is 1. The molecular formula is C16H22N2. The summed E-state index contributed by atoms with van der Waals surface area (Å²) >= 11 is 0. The Labute approximate surface area is 109 Å². The average molecular weight is 242 g/mol. The Bertz CT molecular complexity index is 515. The van der Waals surface area contributed by atoms with Gasteiger partial charge in [-0.15, -0.1) is 0 Å². The predicted molar refractivity (Wildman–Crippen MR) is 76.8 cm³/mol. The molecule has 1 aromatic carbocycles. The van der Waals surface area contributed by atoms with Gasteiger partial charge in [-0.1, -0.05) is 19.4 Å². The highest BCUT2D eigenvalue weighted by Crippen LogP contribution is 2.33. The van der Waals surface area contributed by atoms with Crippen molar-refractivity contribution >= 4 is 10.9 Å². The standard InChI is InChI=1S/C16H22N2/c1-2-3-10-18-11-4-5-16(18)14-6-7-15-13(12-14)8-9-17-15/h6-9,12,16-17H,2-5,10-11H2,1H3. The van der Waals surface area contributed by atoms with Crippen LogP contribution in [0, 0.1) is 0 Å². The lowest BCUT2D eigenvalue weighted by molar-refractivity contribution is 0.253. The fourth-order valence-electron chi connectivity index (χ4n) is 3.11. The van der Waals surface area contributed by atoms with Crippen LogP contribution in [0.25, 0.3) is 10.9 Å². The van der Waals surface area contributed by atoms with Crippen molar-refractivity contribution in [1.29, 1.82) is 0 Å². The second-order valence-corrected chi connectivity index (χ2v) is 5.37. The van der Waals surface area contributed by atoms with E-state index in [-0.39, 0.29) is 0 Å². The van der Waals surface area contributed by atoms with Crippen LogP contribution in [-0.4, -0.2) is 23.0 Å². The van der Waals surface area contributed by atoms with Crippen molar-refractivity contribution in [2.24, 2.45) is 0 Å². The maximum absolute atomic E-state index is 3.27. The molecule has 1 aliphatic rings. The Kier molecular flexibility index (Phi) is 3.37. The zero-order valence-electron chi connectivity index (χ0n) is 11.2. The van der Waals surface area contributed by atoms with Crippen LogP contribution in [0.2, 0.25) is 0 Å². The zero-order chi connectivity index (χ0) is 12.4. The van der Waals surface area contributed by atoms with Crippen LogP contribution in [0.3, 0.4) is 0 Å². The van der Waals surface area contributed by atoms with Gasteiger partial charge in [0.05, 0.1) is 0 Å². The first-order valence-electron chi connectivity index (χ1n) is 7.19. The Hall–Kier alpha value is -1.28. The molecule has 2 aromatic rings. The molecule has 0 amide bonds. The summed E-state index contributed by atoms with van der Waals surface area (Å²) in [6.45, 7) is 4.80. The second kappa shape index (κ2) is 5.15. The molecule has 1 N–H and O–H groups in total. The summed E-state index contributed by atoms with van der Waals surface area (Å²) in [4.78, 5) is 5.93. The predicted octanol–water partition coefficient (Wildman–Crippen LogP) is 4.10. The zero-order valence-corrected chi connectivity index (χ0v) is 11.2. The molecule has 2 heterocycles. The highest BCUT2D eigenvalue weighted by atomic mass is 15.2. The molecule has 2 heteroatoms. The topological polar surface area (TPSA) is 19.0 Å². The maximum atomic E-state index is 3.27. The summed E-state index contributed by atoms with van der Waals surface area (Å²) in [5.74, 6) is 0. The molecule has 1 fully saturated rings. The van der Waals surface area contributed by atoms with E-state index in [2.05, 4.69) is 41.1 Å². The van der Waals surface area contributed by atoms with Crippen molar-refractivity contribution in [3.8, 4) is 0 Å². The first-order valence-corrected chi connectivity index (χ1v) is 7.19. The molecule has 1 saturated heterocycles. The van der Waals surface area contributed by atoms with Crippen LogP contribution in [-0.2, 0) is 0 Å². The van der Waals surface area contributed by atoms with E-state index in [4.69, 9.17) is 0 Å². The van der Waals surface area contributed by atoms with Crippen molar-refractivity contribution in [1.82, 2.24) is 9.88 Å². The molecule has 96 valence electrons. The van der Waals surface area contributed by atoms with Gasteiger partial charge in [0, 0.05) is 17.8 Å². The minimum atomic E-state index is 0.649. The minimum Gasteiger partial charge on any atom is -0.361 e. The Balaban J connectivity index is 1.83. The number of rotatable bonds is 4. The summed E-state index contributed by atoms with van der Waals surface area (Å²) in [5.41, 5.74) is 2.74. The van der Waals surface area contributed by atoms with Crippen LogP contribution in [0.4, 0.5) is 0 Å². The highest BCUT2D eigenvalue weighted by Gasteiger charge is 2.25. The summed E-state index contributed by atoms with van der Waals surface area (Å²) in [5, 5.41) is 1.34. The molecule has 18 heavy (non-hydrogen) atoms. The van der Waals surface area contributed by atoms with Crippen molar-refractivity contribution in [2.75, 3.05) is 13.1 Å². The summed E-state index contributed by atoms with van der Waals surface area (Å²) in [6, 6.07) is 9.70. The molecule has 1 aromatic heterocycles. The van der Waals surface area contributed by atoms with Gasteiger partial charge in [-0.2, -0.15) is 0 Å². The Morgan fingerprint density at radius 1 is 1.33 bits per heavy atom. The lowest BCUT2D eigenvalue weighted by atomic mass is 10.0. The number of H-pyrrole nitrogens is 1. The van der Waals surface area contributed by atoms with Gasteiger partial charge in [-0.25, -0.2) is 0 Å². The molecule has 0 bridgehead atoms. The number of aromatic amines is 1. The summed E-state index contributed by atoms with van der Waals surface area (Å²) in [7, 11) is 0. The molecule has 0 radical (unpaired) electrons. The fourth-order valence-corrected chi connectivity index (χ4v) is 3.11. The first kappa shape index (κ1) is 11.8. The van der Waals surface area contributed by atoms with Crippen molar-refractivity contribution in [2.45, 2.75) is 38.6 Å². The third-order valence-electron chi connectivity index (χ3n) is 4.12. The van der Waals surface area contributed by atoms with E-state index < -0.39 is 0 Å². The van der Waals surface area contributed by atoms with Gasteiger partial charge >= 0.3 is 0 Å². The Morgan fingerprint density at radius 3 is 3.17 bits per heavy atom. The summed E-state index contributed by atoms with van der Waals surface area (Å²) < 4.78 is 0. The number of hydrogen-bond acceptors (Lipinski definition) is 1. The largest absolute Gasteiger partial charge is 0.361 e. The van der Waals surface area contributed by atoms with E-state index >= 15 is 0 Å². The normalized spacial score (nSPS) is 20.8. The van der Waals surface area contributed by atoms with E-state index in [0.717, 1.165) is 0 Å². The SMILES string of the molecule is CCCCN1CCCC1c1ccc2[nH]ccc2c1. The van der Waals surface area contributed by atoms with E-state index in [1.807, 2.05) is 6.20 Å². The number of hydrogen-bond donors (Lipinski definition) is 1. The molecule has 1 unspecified atom stereocenters. The van der Waals surface area contributed by atoms with Gasteiger partial charge in [-0.05, 0) is 61.5 Å². The molecule has 0 aliphatic carbocycles. The van der Waals surface area contributed by atoms with Crippen LogP contribution in [0.15, 0.2) is 30.5 Å². The molecule has 3 rings (SSSR count). The number of benzene rings is 1. The lowest BCUT2D eigenvalue weighted by Gasteiger charge is -2.24. The van der Waals surface area contributed by atoms with Crippen LogP contribution in [0.5, 0.6) is 0 Å². The van der Waals surface area contributed by atoms with Crippen molar-refractivity contribution < 1.29 is 0 Å². The van der Waals surface area contributed by atoms with Gasteiger partial charge < -0.3 is 4.98 Å². The molecule has 1 atom stereocenters. The highest BCUT2D eigenvalue weighted by molar-refractivity contribution is 5.80. The number of fused-ring (bicyclic) bond motifs is 1. The smallest absolute Gasteiger partial charge is 0.0454 e. The van der Waals surface area contributed by atoms with E-state index in [1.54, 1.807) is 0 Å². The van der Waals surface area contributed by atoms with Crippen LogP contribution >= 0.6 is 0 Å². The number of nitrogens with one attached hydrogen (secondary N) is 1. The molecule has 1 aliphatic heterocycles. The molecular weight excluding hydrogens is 220 g/mol. The quantitative estimate of drug-likeness (QED) is 0.855. The lowest BCUT2D eigenvalue weighted by Crippen LogP contribution is -2.24. The number of likely N-dealkylation sites (tertiary alicyclic amines) is 1. The van der Waals surface area contributed by atoms with Crippen molar-refractivity contribution in [3.05, 3.63) is 36.0 Å². The van der Waals surface area contributed by atoms with Crippen LogP contribution < -0.4 is 0 Å². The average Bonchev–Trinajstić information content (AvgIpc) is 3.03. The van der Waals surface area contributed by atoms with Gasteiger partial charge in [0.15, 0.2) is 0 Å².